The summed E-state index contributed by atoms with van der Waals surface area (Å²) in [5.41, 5.74) is 4.59. The zero-order valence-electron chi connectivity index (χ0n) is 3.09. The molecule has 0 bridgehead atoms. The third-order valence-corrected chi connectivity index (χ3v) is 0.697. The average Bonchev–Trinajstić information content (AvgIpc) is 1.35. The van der Waals surface area contributed by atoms with E-state index in [4.69, 9.17) is 0 Å². The van der Waals surface area contributed by atoms with Crippen molar-refractivity contribution in [3.05, 3.63) is 0 Å². The van der Waals surface area contributed by atoms with Crippen LogP contribution in [0.15, 0.2) is 0 Å². The molecule has 4 N–H and O–H groups in total. The highest BCUT2D eigenvalue weighted by atomic mass is 32.2. The van der Waals surface area contributed by atoms with E-state index in [1.165, 1.54) is 0 Å². The number of primary sulfonamides is 1. The first-order valence-electron chi connectivity index (χ1n) is 1.27. The van der Waals surface area contributed by atoms with Gasteiger partial charge in [-0.2, -0.15) is 0 Å². The third-order valence-electron chi connectivity index (χ3n) is 0.232. The van der Waals surface area contributed by atoms with Crippen LogP contribution >= 0.6 is 0 Å². The van der Waals surface area contributed by atoms with Crippen LogP contribution < -0.4 is 10.9 Å². The Morgan fingerprint density at radius 3 is 1.67 bits per heavy atom. The maximum atomic E-state index is 9.65. The Morgan fingerprint density at radius 2 is 1.67 bits per heavy atom. The summed E-state index contributed by atoms with van der Waals surface area (Å²) in [7, 11) is -3.38. The molecule has 0 aliphatic carbocycles. The smallest absolute Gasteiger partial charge is 0.221 e. The Bertz CT molecular complexity index is 114. The molecule has 0 radical (unpaired) electrons. The molecule has 4 nitrogen and oxygen atoms in total. The molecule has 0 aromatic heterocycles. The van der Waals surface area contributed by atoms with Crippen LogP contribution in [-0.2, 0) is 10.0 Å². The minimum Gasteiger partial charge on any atom is -0.317 e. The topological polar surface area (TPSA) is 86.2 Å². The van der Waals surface area contributed by atoms with Crippen LogP contribution in [0.3, 0.4) is 0 Å². The predicted octanol–water partition coefficient (Wildman–Crippen LogP) is -1.81. The molecule has 0 amide bonds. The van der Waals surface area contributed by atoms with Gasteiger partial charge in [0.25, 0.3) is 0 Å². The summed E-state index contributed by atoms with van der Waals surface area (Å²) in [6, 6.07) is 0. The highest BCUT2D eigenvalue weighted by Crippen LogP contribution is 1.60. The molecular weight excluding hydrogens is 104 g/mol. The minimum atomic E-state index is -3.38. The van der Waals surface area contributed by atoms with Crippen molar-refractivity contribution in [1.29, 1.82) is 0 Å². The maximum Gasteiger partial charge on any atom is 0.221 e. The lowest BCUT2D eigenvalue weighted by Crippen LogP contribution is -2.22. The highest BCUT2D eigenvalue weighted by Gasteiger charge is 1.91. The van der Waals surface area contributed by atoms with Crippen molar-refractivity contribution in [2.75, 3.05) is 5.88 Å². The summed E-state index contributed by atoms with van der Waals surface area (Å²) in [5.74, 6) is -0.479. The van der Waals surface area contributed by atoms with Crippen LogP contribution in [0.2, 0.25) is 0 Å². The summed E-state index contributed by atoms with van der Waals surface area (Å²) in [5, 5.41) is 4.38. The number of nitrogens with two attached hydrogens (primary N) is 2. The number of sulfonamides is 1. The van der Waals surface area contributed by atoms with Crippen molar-refractivity contribution >= 4 is 10.0 Å². The summed E-state index contributed by atoms with van der Waals surface area (Å²) in [6.07, 6.45) is 0. The Morgan fingerprint density at radius 1 is 1.50 bits per heavy atom. The minimum absolute atomic E-state index is 0.479. The largest absolute Gasteiger partial charge is 0.317 e. The van der Waals surface area contributed by atoms with Crippen LogP contribution in [0, 0.1) is 0 Å². The molecule has 0 fully saturated rings. The van der Waals surface area contributed by atoms with Crippen molar-refractivity contribution in [1.82, 2.24) is 0 Å². The molecule has 0 unspecified atom stereocenters. The summed E-state index contributed by atoms with van der Waals surface area (Å²) in [4.78, 5) is 0. The molecule has 0 spiro atoms. The summed E-state index contributed by atoms with van der Waals surface area (Å²) in [6.45, 7) is 0. The maximum absolute atomic E-state index is 9.65. The van der Waals surface area contributed by atoms with Crippen molar-refractivity contribution in [2.24, 2.45) is 10.9 Å². The first kappa shape index (κ1) is 5.87. The van der Waals surface area contributed by atoms with E-state index in [9.17, 15) is 8.42 Å². The Balaban J connectivity index is 3.85. The Kier molecular flexibility index (Phi) is 1.51. The predicted molar refractivity (Wildman–Crippen MR) is 22.2 cm³/mol. The summed E-state index contributed by atoms with van der Waals surface area (Å²) >= 11 is 0. The lowest BCUT2D eigenvalue weighted by molar-refractivity contribution is 0.598. The van der Waals surface area contributed by atoms with E-state index in [2.05, 4.69) is 10.9 Å². The van der Waals surface area contributed by atoms with E-state index in [1.807, 2.05) is 0 Å². The van der Waals surface area contributed by atoms with Gasteiger partial charge in [0.15, 0.2) is 0 Å². The first-order valence-corrected chi connectivity index (χ1v) is 2.98. The van der Waals surface area contributed by atoms with Gasteiger partial charge in [0, 0.05) is 0 Å². The summed E-state index contributed by atoms with van der Waals surface area (Å²) < 4.78 is 19.3. The van der Waals surface area contributed by atoms with Gasteiger partial charge in [-0.05, 0) is 0 Å². The van der Waals surface area contributed by atoms with Gasteiger partial charge < -0.3 is 5.73 Å². The van der Waals surface area contributed by atoms with Crippen LogP contribution in [0.25, 0.3) is 0 Å². The molecule has 5 heteroatoms. The van der Waals surface area contributed by atoms with Crippen LogP contribution in [-0.4, -0.2) is 14.3 Å². The first-order chi connectivity index (χ1) is 2.56. The molecule has 0 saturated heterocycles. The van der Waals surface area contributed by atoms with E-state index in [1.54, 1.807) is 0 Å². The second-order valence-corrected chi connectivity index (χ2v) is 2.49. The van der Waals surface area contributed by atoms with E-state index in [0.29, 0.717) is 0 Å². The number of rotatable bonds is 1. The average molecular weight is 110 g/mol. The number of hydrogen-bond acceptors (Lipinski definition) is 3. The lowest BCUT2D eigenvalue weighted by atomic mass is 11.6. The monoisotopic (exact) mass is 110 g/mol. The zero-order chi connectivity index (χ0) is 5.21. The van der Waals surface area contributed by atoms with Gasteiger partial charge in [-0.15, -0.1) is 0 Å². The normalized spacial score (nSPS) is 11.7. The molecule has 6 heavy (non-hydrogen) atoms. The molecule has 0 aliphatic heterocycles. The van der Waals surface area contributed by atoms with Gasteiger partial charge in [0.1, 0.15) is 5.88 Å². The molecule has 0 heterocycles. The van der Waals surface area contributed by atoms with Crippen molar-refractivity contribution < 1.29 is 8.42 Å². The third kappa shape index (κ3) is 3.87. The van der Waals surface area contributed by atoms with Crippen LogP contribution in [0.4, 0.5) is 0 Å². The van der Waals surface area contributed by atoms with Gasteiger partial charge >= 0.3 is 0 Å². The highest BCUT2D eigenvalue weighted by molar-refractivity contribution is 7.89. The van der Waals surface area contributed by atoms with Gasteiger partial charge in [0.05, 0.1) is 0 Å². The Hall–Kier alpha value is -0.130. The molecule has 0 atom stereocenters. The van der Waals surface area contributed by atoms with E-state index < -0.39 is 15.9 Å². The standard InChI is InChI=1S/CH6N2O2S/c2-1-6(3,4)5/h1-2H2,(H2,3,4,5). The molecule has 0 aromatic rings. The quantitative estimate of drug-likeness (QED) is 0.417. The molecule has 0 aromatic carbocycles. The van der Waals surface area contributed by atoms with E-state index >= 15 is 0 Å². The van der Waals surface area contributed by atoms with Crippen LogP contribution in [0.5, 0.6) is 0 Å². The lowest BCUT2D eigenvalue weighted by Gasteiger charge is -1.82. The molecule has 0 aliphatic rings. The molecular formula is CH6N2O2S. The fraction of sp³-hybridized carbons (Fsp3) is 1.00. The second-order valence-electron chi connectivity index (χ2n) is 0.830. The molecule has 0 rings (SSSR count). The number of hydrogen-bond donors (Lipinski definition) is 2. The van der Waals surface area contributed by atoms with E-state index in [-0.39, 0.29) is 0 Å². The second kappa shape index (κ2) is 1.55. The fourth-order valence-corrected chi connectivity index (χ4v) is 0. The van der Waals surface area contributed by atoms with Crippen molar-refractivity contribution in [3.8, 4) is 0 Å². The van der Waals surface area contributed by atoms with Crippen molar-refractivity contribution in [3.63, 3.8) is 0 Å². The van der Waals surface area contributed by atoms with Crippen LogP contribution in [0.1, 0.15) is 0 Å². The van der Waals surface area contributed by atoms with Gasteiger partial charge in [-0.1, -0.05) is 0 Å². The SMILES string of the molecule is NCS(N)(=O)=O. The van der Waals surface area contributed by atoms with Gasteiger partial charge in [-0.25, -0.2) is 13.6 Å². The molecule has 38 valence electrons. The Labute approximate surface area is 36.2 Å². The van der Waals surface area contributed by atoms with E-state index in [0.717, 1.165) is 0 Å². The van der Waals surface area contributed by atoms with Gasteiger partial charge in [0.2, 0.25) is 10.0 Å². The van der Waals surface area contributed by atoms with Gasteiger partial charge in [-0.3, -0.25) is 0 Å². The van der Waals surface area contributed by atoms with Crippen molar-refractivity contribution in [2.45, 2.75) is 0 Å². The zero-order valence-corrected chi connectivity index (χ0v) is 3.90. The fourth-order valence-electron chi connectivity index (χ4n) is 0. The molecule has 0 saturated carbocycles.